The molecule has 0 aliphatic carbocycles. The van der Waals surface area contributed by atoms with E-state index in [9.17, 15) is 0 Å². The molecular weight excluding hydrogens is 400 g/mol. The summed E-state index contributed by atoms with van der Waals surface area (Å²) in [6, 6.07) is 39.1. The van der Waals surface area contributed by atoms with Gasteiger partial charge in [-0.3, -0.25) is 0 Å². The van der Waals surface area contributed by atoms with Crippen LogP contribution in [0.2, 0.25) is 0 Å². The Labute approximate surface area is 185 Å². The van der Waals surface area contributed by atoms with Gasteiger partial charge in [-0.2, -0.15) is 21.8 Å². The second-order valence-corrected chi connectivity index (χ2v) is 11.2. The van der Waals surface area contributed by atoms with Crippen LogP contribution in [-0.2, 0) is 0 Å². The first kappa shape index (κ1) is 20.3. The summed E-state index contributed by atoms with van der Waals surface area (Å²) >= 11 is 0. The zero-order valence-corrected chi connectivity index (χ0v) is 18.6. The maximum atomic E-state index is 4.12. The van der Waals surface area contributed by atoms with Crippen LogP contribution in [0, 0.1) is 0 Å². The van der Waals surface area contributed by atoms with Crippen molar-refractivity contribution < 1.29 is 0 Å². The molecule has 0 fully saturated rings. The lowest BCUT2D eigenvalue weighted by Crippen LogP contribution is -1.87. The van der Waals surface area contributed by atoms with Gasteiger partial charge in [-0.1, -0.05) is 73.8 Å². The van der Waals surface area contributed by atoms with E-state index in [1.165, 1.54) is 30.7 Å². The average Bonchev–Trinajstić information content (AvgIpc) is 2.82. The van der Waals surface area contributed by atoms with Gasteiger partial charge in [-0.05, 0) is 90.1 Å². The lowest BCUT2D eigenvalue weighted by atomic mass is 10.1. The topological polar surface area (TPSA) is 0 Å². The Morgan fingerprint density at radius 1 is 0.433 bits per heavy atom. The monoisotopic (exact) mass is 426 g/mol. The van der Waals surface area contributed by atoms with Crippen molar-refractivity contribution in [1.29, 1.82) is 0 Å². The molecule has 0 amide bonds. The van der Waals surface area contributed by atoms with Crippen molar-refractivity contribution in [2.45, 2.75) is 19.6 Å². The third-order valence-corrected chi connectivity index (χ3v) is 9.12. The van der Waals surface area contributed by atoms with E-state index in [2.05, 4.69) is 133 Å². The van der Waals surface area contributed by atoms with Crippen LogP contribution in [0.1, 0.15) is 0 Å². The Hall–Kier alpha value is -2.94. The summed E-state index contributed by atoms with van der Waals surface area (Å²) in [7, 11) is -1.13. The summed E-state index contributed by atoms with van der Waals surface area (Å²) in [4.78, 5) is 5.30. The van der Waals surface area contributed by atoms with Gasteiger partial charge in [0.15, 0.2) is 0 Å². The minimum absolute atomic E-state index is 0.563. The smallest absolute Gasteiger partial charge is 0.00442 e. The number of hydrogen-bond acceptors (Lipinski definition) is 0. The molecule has 0 N–H and O–H groups in total. The molecule has 30 heavy (non-hydrogen) atoms. The predicted molar refractivity (Wildman–Crippen MR) is 136 cm³/mol. The number of thiol groups is 2. The second-order valence-electron chi connectivity index (χ2n) is 6.88. The fourth-order valence-electron chi connectivity index (χ4n) is 3.57. The molecule has 0 heterocycles. The SMILES string of the molecule is C=C[SH](c1ccccc1)c1cccc(-c2cccc([SH](C=C)c3ccccc3)c2)c1. The summed E-state index contributed by atoms with van der Waals surface area (Å²) in [5.74, 6) is 0. The van der Waals surface area contributed by atoms with Gasteiger partial charge in [0.2, 0.25) is 0 Å². The average molecular weight is 427 g/mol. The van der Waals surface area contributed by atoms with Crippen LogP contribution in [0.25, 0.3) is 11.1 Å². The minimum Gasteiger partial charge on any atom is -0.180 e. The van der Waals surface area contributed by atoms with Crippen molar-refractivity contribution in [2.75, 3.05) is 0 Å². The first-order valence-corrected chi connectivity index (χ1v) is 12.8. The fourth-order valence-corrected chi connectivity index (χ4v) is 7.04. The minimum atomic E-state index is -0.563. The van der Waals surface area contributed by atoms with Gasteiger partial charge in [0.05, 0.1) is 0 Å². The van der Waals surface area contributed by atoms with E-state index in [0.717, 1.165) is 0 Å². The van der Waals surface area contributed by atoms with E-state index < -0.39 is 21.8 Å². The summed E-state index contributed by atoms with van der Waals surface area (Å²) < 4.78 is 0. The van der Waals surface area contributed by atoms with Crippen LogP contribution in [0.5, 0.6) is 0 Å². The van der Waals surface area contributed by atoms with E-state index in [-0.39, 0.29) is 0 Å². The van der Waals surface area contributed by atoms with Crippen molar-refractivity contribution >= 4 is 21.8 Å². The highest BCUT2D eigenvalue weighted by atomic mass is 32.2. The van der Waals surface area contributed by atoms with Gasteiger partial charge < -0.3 is 0 Å². The predicted octanol–water partition coefficient (Wildman–Crippen LogP) is 8.48. The molecule has 2 unspecified atom stereocenters. The molecule has 2 atom stereocenters. The van der Waals surface area contributed by atoms with E-state index in [0.29, 0.717) is 0 Å². The Kier molecular flexibility index (Phi) is 6.58. The molecule has 0 bridgehead atoms. The van der Waals surface area contributed by atoms with Crippen molar-refractivity contribution in [2.24, 2.45) is 0 Å². The first-order valence-electron chi connectivity index (χ1n) is 9.94. The molecule has 0 radical (unpaired) electrons. The van der Waals surface area contributed by atoms with Crippen molar-refractivity contribution in [3.8, 4) is 11.1 Å². The quantitative estimate of drug-likeness (QED) is 0.272. The summed E-state index contributed by atoms with van der Waals surface area (Å²) in [6.45, 7) is 8.24. The van der Waals surface area contributed by atoms with Crippen LogP contribution in [0.4, 0.5) is 0 Å². The zero-order valence-electron chi connectivity index (χ0n) is 16.9. The molecule has 4 aromatic carbocycles. The molecule has 0 nitrogen and oxygen atoms in total. The molecule has 4 rings (SSSR count). The molecular formula is C28H26S2. The zero-order chi connectivity index (χ0) is 20.8. The molecule has 2 heteroatoms. The Balaban J connectivity index is 1.70. The molecule has 0 aliphatic heterocycles. The fraction of sp³-hybridized carbons (Fsp3) is 0. The first-order chi connectivity index (χ1) is 14.8. The summed E-state index contributed by atoms with van der Waals surface area (Å²) in [5, 5.41) is 4.18. The van der Waals surface area contributed by atoms with Gasteiger partial charge in [0, 0.05) is 0 Å². The van der Waals surface area contributed by atoms with Crippen molar-refractivity contribution in [3.63, 3.8) is 0 Å². The largest absolute Gasteiger partial charge is 0.180 e. The van der Waals surface area contributed by atoms with Crippen LogP contribution < -0.4 is 0 Å². The molecule has 0 saturated heterocycles. The maximum Gasteiger partial charge on any atom is -0.00442 e. The molecule has 150 valence electrons. The third kappa shape index (κ3) is 4.46. The highest BCUT2D eigenvalue weighted by molar-refractivity contribution is 8.20. The Morgan fingerprint density at radius 2 is 0.800 bits per heavy atom. The maximum absolute atomic E-state index is 4.12. The lowest BCUT2D eigenvalue weighted by Gasteiger charge is -2.20. The molecule has 0 saturated carbocycles. The van der Waals surface area contributed by atoms with Crippen molar-refractivity contribution in [1.82, 2.24) is 0 Å². The highest BCUT2D eigenvalue weighted by Gasteiger charge is 2.10. The molecule has 0 spiro atoms. The standard InChI is InChI=1S/C28H26S2/c1-3-29(25-15-7-5-8-16-25)27-19-11-13-23(21-27)24-14-12-20-28(22-24)30(4-2)26-17-9-6-10-18-26/h3-22,29-30H,1-2H2. The van der Waals surface area contributed by atoms with Gasteiger partial charge in [0.1, 0.15) is 0 Å². The summed E-state index contributed by atoms with van der Waals surface area (Å²) in [6.07, 6.45) is 0. The van der Waals surface area contributed by atoms with Gasteiger partial charge in [-0.15, -0.1) is 0 Å². The molecule has 0 aliphatic rings. The van der Waals surface area contributed by atoms with Crippen LogP contribution in [0.15, 0.2) is 153 Å². The lowest BCUT2D eigenvalue weighted by molar-refractivity contribution is 1.37. The Morgan fingerprint density at radius 3 is 1.17 bits per heavy atom. The number of hydrogen-bond donors (Lipinski definition) is 2. The van der Waals surface area contributed by atoms with Crippen LogP contribution >= 0.6 is 21.8 Å². The second kappa shape index (κ2) is 9.71. The Bertz CT molecular complexity index is 1040. The van der Waals surface area contributed by atoms with Gasteiger partial charge in [0.25, 0.3) is 0 Å². The van der Waals surface area contributed by atoms with E-state index in [1.807, 2.05) is 0 Å². The molecule has 4 aromatic rings. The number of benzene rings is 4. The van der Waals surface area contributed by atoms with Crippen LogP contribution in [-0.4, -0.2) is 0 Å². The van der Waals surface area contributed by atoms with Crippen LogP contribution in [0.3, 0.4) is 0 Å². The highest BCUT2D eigenvalue weighted by Crippen LogP contribution is 2.48. The van der Waals surface area contributed by atoms with E-state index in [1.54, 1.807) is 0 Å². The van der Waals surface area contributed by atoms with E-state index >= 15 is 0 Å². The molecule has 0 aromatic heterocycles. The number of rotatable bonds is 7. The van der Waals surface area contributed by atoms with E-state index in [4.69, 9.17) is 0 Å². The van der Waals surface area contributed by atoms with Gasteiger partial charge >= 0.3 is 0 Å². The van der Waals surface area contributed by atoms with Crippen molar-refractivity contribution in [3.05, 3.63) is 133 Å². The van der Waals surface area contributed by atoms with Gasteiger partial charge in [-0.25, -0.2) is 0 Å². The normalized spacial score (nSPS) is 13.9. The summed E-state index contributed by atoms with van der Waals surface area (Å²) in [5.41, 5.74) is 2.48. The third-order valence-electron chi connectivity index (χ3n) is 5.02.